The van der Waals surface area contributed by atoms with E-state index in [0.717, 1.165) is 19.5 Å². The van der Waals surface area contributed by atoms with Crippen LogP contribution in [0.5, 0.6) is 0 Å². The summed E-state index contributed by atoms with van der Waals surface area (Å²) < 4.78 is 0.465. The third-order valence-corrected chi connectivity index (χ3v) is 5.96. The minimum absolute atomic E-state index is 0.272. The van der Waals surface area contributed by atoms with E-state index in [0.29, 0.717) is 10.6 Å². The summed E-state index contributed by atoms with van der Waals surface area (Å²) in [7, 11) is 0. The van der Waals surface area contributed by atoms with Crippen LogP contribution in [0.3, 0.4) is 0 Å². The second kappa shape index (κ2) is 5.70. The molecule has 2 aliphatic rings. The summed E-state index contributed by atoms with van der Waals surface area (Å²) in [6, 6.07) is 0. The normalized spacial score (nSPS) is 25.3. The highest BCUT2D eigenvalue weighted by Gasteiger charge is 2.43. The summed E-state index contributed by atoms with van der Waals surface area (Å²) in [4.78, 5) is 0. The molecule has 0 heterocycles. The molecule has 104 valence electrons. The van der Waals surface area contributed by atoms with E-state index in [-0.39, 0.29) is 5.41 Å². The summed E-state index contributed by atoms with van der Waals surface area (Å²) in [5, 5.41) is 15.4. The summed E-state index contributed by atoms with van der Waals surface area (Å²) in [6.45, 7) is 2.11. The Kier molecular flexibility index (Phi) is 4.43. The highest BCUT2D eigenvalue weighted by molar-refractivity contribution is 8.00. The lowest BCUT2D eigenvalue weighted by molar-refractivity contribution is 0.314. The van der Waals surface area contributed by atoms with Gasteiger partial charge in [-0.3, -0.25) is 0 Å². The topological polar surface area (TPSA) is 70.6 Å². The molecule has 2 saturated carbocycles. The second-order valence-corrected chi connectivity index (χ2v) is 7.24. The van der Waals surface area contributed by atoms with Gasteiger partial charge in [0.05, 0.1) is 0 Å². The van der Waals surface area contributed by atoms with Gasteiger partial charge in [0.25, 0.3) is 0 Å². The molecular weight excluding hydrogens is 246 g/mol. The average Bonchev–Trinajstić information content (AvgIpc) is 2.96. The zero-order valence-electron chi connectivity index (χ0n) is 11.2. The molecule has 0 amide bonds. The molecule has 0 atom stereocenters. The molecule has 18 heavy (non-hydrogen) atoms. The first kappa shape index (κ1) is 14.0. The van der Waals surface area contributed by atoms with E-state index in [1.807, 2.05) is 11.8 Å². The number of rotatable bonds is 7. The largest absolute Gasteiger partial charge is 0.409 e. The number of thioether (sulfide) groups is 1. The maximum absolute atomic E-state index is 8.64. The van der Waals surface area contributed by atoms with Crippen LogP contribution in [0.15, 0.2) is 5.16 Å². The van der Waals surface area contributed by atoms with E-state index < -0.39 is 0 Å². The monoisotopic (exact) mass is 271 g/mol. The van der Waals surface area contributed by atoms with Gasteiger partial charge in [-0.1, -0.05) is 18.0 Å². The molecule has 2 fully saturated rings. The van der Waals surface area contributed by atoms with Crippen LogP contribution in [0.2, 0.25) is 0 Å². The quantitative estimate of drug-likeness (QED) is 0.287. The molecule has 4 nitrogen and oxygen atoms in total. The van der Waals surface area contributed by atoms with E-state index in [1.54, 1.807) is 0 Å². The van der Waals surface area contributed by atoms with Crippen LogP contribution < -0.4 is 11.1 Å². The van der Waals surface area contributed by atoms with Crippen molar-refractivity contribution in [2.75, 3.05) is 19.3 Å². The Balaban J connectivity index is 1.75. The molecule has 2 aliphatic carbocycles. The third-order valence-electron chi connectivity index (χ3n) is 4.54. The zero-order chi connectivity index (χ0) is 13.1. The minimum Gasteiger partial charge on any atom is -0.409 e. The molecule has 0 spiro atoms. The zero-order valence-corrected chi connectivity index (χ0v) is 12.1. The maximum Gasteiger partial charge on any atom is 0.139 e. The second-order valence-electron chi connectivity index (χ2n) is 5.97. The molecule has 0 aromatic heterocycles. The van der Waals surface area contributed by atoms with Crippen molar-refractivity contribution in [1.82, 2.24) is 5.32 Å². The van der Waals surface area contributed by atoms with E-state index in [2.05, 4.69) is 16.7 Å². The molecule has 4 N–H and O–H groups in total. The average molecular weight is 271 g/mol. The lowest BCUT2D eigenvalue weighted by Gasteiger charge is -2.28. The predicted octanol–water partition coefficient (Wildman–Crippen LogP) is 2.17. The fraction of sp³-hybridized carbons (Fsp3) is 0.923. The van der Waals surface area contributed by atoms with Gasteiger partial charge in [-0.25, -0.2) is 0 Å². The fourth-order valence-corrected chi connectivity index (χ4v) is 3.98. The SMILES string of the molecule is CSC1(CNCC2(CC(N)=NO)CC2)CCCC1. The van der Waals surface area contributed by atoms with Crippen LogP contribution in [-0.2, 0) is 0 Å². The first-order valence-corrected chi connectivity index (χ1v) is 8.08. The molecule has 2 rings (SSSR count). The predicted molar refractivity (Wildman–Crippen MR) is 77.3 cm³/mol. The highest BCUT2D eigenvalue weighted by Crippen LogP contribution is 2.48. The smallest absolute Gasteiger partial charge is 0.139 e. The van der Waals surface area contributed by atoms with Gasteiger partial charge in [0, 0.05) is 24.3 Å². The van der Waals surface area contributed by atoms with Crippen LogP contribution >= 0.6 is 11.8 Å². The van der Waals surface area contributed by atoms with Crippen LogP contribution in [0.1, 0.15) is 44.9 Å². The van der Waals surface area contributed by atoms with Crippen LogP contribution in [0, 0.1) is 5.41 Å². The van der Waals surface area contributed by atoms with Crippen molar-refractivity contribution in [3.63, 3.8) is 0 Å². The van der Waals surface area contributed by atoms with Gasteiger partial charge in [-0.15, -0.1) is 0 Å². The van der Waals surface area contributed by atoms with Crippen LogP contribution in [0.4, 0.5) is 0 Å². The number of oxime groups is 1. The van der Waals surface area contributed by atoms with Gasteiger partial charge in [0.15, 0.2) is 0 Å². The van der Waals surface area contributed by atoms with E-state index in [1.165, 1.54) is 38.5 Å². The molecule has 0 aliphatic heterocycles. The minimum atomic E-state index is 0.272. The van der Waals surface area contributed by atoms with E-state index in [4.69, 9.17) is 10.9 Å². The summed E-state index contributed by atoms with van der Waals surface area (Å²) in [6.07, 6.45) is 10.8. The molecule has 0 aromatic carbocycles. The Hall–Kier alpha value is -0.420. The van der Waals surface area contributed by atoms with Gasteiger partial charge in [-0.2, -0.15) is 11.8 Å². The number of nitrogens with two attached hydrogens (primary N) is 1. The molecule has 0 aromatic rings. The molecule has 0 saturated heterocycles. The van der Waals surface area contributed by atoms with E-state index >= 15 is 0 Å². The first-order chi connectivity index (χ1) is 8.64. The molecule has 5 heteroatoms. The van der Waals surface area contributed by atoms with Crippen molar-refractivity contribution in [2.24, 2.45) is 16.3 Å². The Labute approximate surface area is 114 Å². The number of hydrogen-bond donors (Lipinski definition) is 3. The van der Waals surface area contributed by atoms with Crippen molar-refractivity contribution in [3.05, 3.63) is 0 Å². The fourth-order valence-electron chi connectivity index (χ4n) is 3.04. The van der Waals surface area contributed by atoms with Crippen molar-refractivity contribution < 1.29 is 5.21 Å². The first-order valence-electron chi connectivity index (χ1n) is 6.86. The molecule has 0 bridgehead atoms. The van der Waals surface area contributed by atoms with Crippen molar-refractivity contribution >= 4 is 17.6 Å². The summed E-state index contributed by atoms with van der Waals surface area (Å²) in [5.41, 5.74) is 5.89. The van der Waals surface area contributed by atoms with Crippen LogP contribution in [-0.4, -0.2) is 35.1 Å². The maximum atomic E-state index is 8.64. The Morgan fingerprint density at radius 3 is 2.44 bits per heavy atom. The molecule has 0 radical (unpaired) electrons. The summed E-state index contributed by atoms with van der Waals surface area (Å²) >= 11 is 2.02. The molecule has 0 unspecified atom stereocenters. The van der Waals surface area contributed by atoms with Gasteiger partial charge in [-0.05, 0) is 37.4 Å². The lowest BCUT2D eigenvalue weighted by Crippen LogP contribution is -2.38. The van der Waals surface area contributed by atoms with E-state index in [9.17, 15) is 0 Å². The number of amidine groups is 1. The summed E-state index contributed by atoms with van der Waals surface area (Å²) in [5.74, 6) is 0.370. The van der Waals surface area contributed by atoms with Gasteiger partial charge in [0.1, 0.15) is 5.84 Å². The third kappa shape index (κ3) is 3.32. The Morgan fingerprint density at radius 1 is 1.28 bits per heavy atom. The number of nitrogens with one attached hydrogen (secondary N) is 1. The Bertz CT molecular complexity index is 309. The Morgan fingerprint density at radius 2 is 1.94 bits per heavy atom. The highest BCUT2D eigenvalue weighted by atomic mass is 32.2. The number of nitrogens with zero attached hydrogens (tertiary/aromatic N) is 1. The van der Waals surface area contributed by atoms with Gasteiger partial charge >= 0.3 is 0 Å². The van der Waals surface area contributed by atoms with Crippen LogP contribution in [0.25, 0.3) is 0 Å². The number of hydrogen-bond acceptors (Lipinski definition) is 4. The lowest BCUT2D eigenvalue weighted by atomic mass is 10.0. The standard InChI is InChI=1S/C13H25N3OS/c1-18-13(4-2-3-5-13)10-15-9-12(6-7-12)8-11(14)16-17/h15,17H,2-10H2,1H3,(H2,14,16). The molecular formula is C13H25N3OS. The van der Waals surface area contributed by atoms with Gasteiger partial charge in [0.2, 0.25) is 0 Å². The van der Waals surface area contributed by atoms with Crippen molar-refractivity contribution in [1.29, 1.82) is 0 Å². The van der Waals surface area contributed by atoms with Crippen molar-refractivity contribution in [2.45, 2.75) is 49.7 Å². The van der Waals surface area contributed by atoms with Crippen molar-refractivity contribution in [3.8, 4) is 0 Å². The van der Waals surface area contributed by atoms with Gasteiger partial charge < -0.3 is 16.3 Å².